The van der Waals surface area contributed by atoms with Gasteiger partial charge in [0.05, 0.1) is 33.8 Å². The van der Waals surface area contributed by atoms with Crippen LogP contribution in [0.2, 0.25) is 0 Å². The number of carbonyl (C=O) groups excluding carboxylic acids is 13. The largest absolute Gasteiger partial charge is 0.481 e. The molecule has 2 rings (SSSR count). The Kier molecular flexibility index (Phi) is 44.5. The average Bonchev–Trinajstić information content (AvgIpc) is 0.767. The predicted molar refractivity (Wildman–Crippen MR) is 346 cm³/mol. The smallest absolute Gasteiger partial charge is 0.303 e. The number of carboxylic acid groups (broad SMARTS) is 1. The topological polar surface area (TPSA) is 454 Å². The Bertz CT molecular complexity index is 2610. The van der Waals surface area contributed by atoms with Gasteiger partial charge in [-0.2, -0.15) is 0 Å². The minimum atomic E-state index is -2.43. The van der Waals surface area contributed by atoms with Gasteiger partial charge in [-0.3, -0.25) is 67.1 Å². The summed E-state index contributed by atoms with van der Waals surface area (Å²) >= 11 is 0. The third kappa shape index (κ3) is 42.1. The highest BCUT2D eigenvalue weighted by Crippen LogP contribution is 2.30. The molecule has 564 valence electrons. The average molecular weight is 1420 g/mol. The van der Waals surface area contributed by atoms with E-state index in [0.717, 1.165) is 80.1 Å². The van der Waals surface area contributed by atoms with Crippen molar-refractivity contribution in [2.75, 3.05) is 79.0 Å². The normalized spacial score (nSPS) is 21.3. The van der Waals surface area contributed by atoms with Crippen LogP contribution in [0.1, 0.15) is 185 Å². The van der Waals surface area contributed by atoms with Gasteiger partial charge in [-0.15, -0.1) is 0 Å². The van der Waals surface area contributed by atoms with Crippen molar-refractivity contribution >= 4 is 83.1 Å². The zero-order valence-corrected chi connectivity index (χ0v) is 58.5. The molecule has 11 atom stereocenters. The Morgan fingerprint density at radius 3 is 1.18 bits per heavy atom. The number of rotatable bonds is 52. The summed E-state index contributed by atoms with van der Waals surface area (Å²) < 4.78 is 76.0. The molecule has 0 spiro atoms. The lowest BCUT2D eigenvalue weighted by atomic mass is 9.96. The van der Waals surface area contributed by atoms with Gasteiger partial charge in [-0.1, -0.05) is 38.5 Å². The van der Waals surface area contributed by atoms with Crippen LogP contribution in [-0.4, -0.2) is 235 Å². The van der Waals surface area contributed by atoms with Gasteiger partial charge < -0.3 is 99.2 Å². The molecule has 2 unspecified atom stereocenters. The maximum atomic E-state index is 13.0. The van der Waals surface area contributed by atoms with E-state index in [9.17, 15) is 67.1 Å². The number of carbonyl (C=O) groups is 14. The van der Waals surface area contributed by atoms with Gasteiger partial charge in [0.25, 0.3) is 0 Å². The van der Waals surface area contributed by atoms with Crippen molar-refractivity contribution in [2.45, 2.75) is 251 Å². The molecule has 8 N–H and O–H groups in total. The lowest BCUT2D eigenvalue weighted by Crippen LogP contribution is -2.66. The summed E-state index contributed by atoms with van der Waals surface area (Å²) in [7, 11) is 0. The number of nitrogens with one attached hydrogen (secondary N) is 7. The fourth-order valence-electron chi connectivity index (χ4n) is 10.2. The predicted octanol–water partition coefficient (Wildman–Crippen LogP) is 1.20. The van der Waals surface area contributed by atoms with Crippen LogP contribution in [0, 0.1) is 0 Å². The van der Waals surface area contributed by atoms with Gasteiger partial charge in [-0.05, 0) is 51.4 Å². The van der Waals surface area contributed by atoms with E-state index in [-0.39, 0.29) is 147 Å². The molecule has 0 bridgehead atoms. The van der Waals surface area contributed by atoms with Gasteiger partial charge in [0, 0.05) is 133 Å². The first kappa shape index (κ1) is 85.6. The quantitative estimate of drug-likeness (QED) is 0.0241. The molecule has 0 aromatic heterocycles. The van der Waals surface area contributed by atoms with Crippen molar-refractivity contribution in [2.24, 2.45) is 0 Å². The minimum absolute atomic E-state index is 0.00109. The van der Waals surface area contributed by atoms with Crippen LogP contribution in [0.25, 0.3) is 0 Å². The van der Waals surface area contributed by atoms with Crippen molar-refractivity contribution in [3.8, 4) is 0 Å². The van der Waals surface area contributed by atoms with E-state index in [1.54, 1.807) is 0 Å². The van der Waals surface area contributed by atoms with Crippen LogP contribution in [-0.2, 0) is 124 Å². The van der Waals surface area contributed by atoms with Gasteiger partial charge >= 0.3 is 41.8 Å². The highest BCUT2D eigenvalue weighted by Gasteiger charge is 2.53. The number of hydrogen-bond acceptors (Lipinski definition) is 26. The molecule has 34 nitrogen and oxygen atoms in total. The third-order valence-corrected chi connectivity index (χ3v) is 14.6. The Hall–Kier alpha value is -7.66. The Balaban J connectivity index is 1.79. The highest BCUT2D eigenvalue weighted by molar-refractivity contribution is 5.78. The maximum Gasteiger partial charge on any atom is 0.303 e. The van der Waals surface area contributed by atoms with E-state index in [1.165, 1.54) is 13.8 Å². The molecule has 2 heterocycles. The van der Waals surface area contributed by atoms with Crippen LogP contribution >= 0.6 is 0 Å². The molecule has 0 aliphatic carbocycles. The molecule has 2 fully saturated rings. The molecule has 0 radical (unpaired) electrons. The zero-order chi connectivity index (χ0) is 74.4. The number of aliphatic carboxylic acids is 1. The lowest BCUT2D eigenvalue weighted by Gasteiger charge is -2.44. The zero-order valence-electron chi connectivity index (χ0n) is 59.5. The van der Waals surface area contributed by atoms with Crippen LogP contribution in [0.3, 0.4) is 0 Å². The van der Waals surface area contributed by atoms with Crippen LogP contribution in [0.4, 0.5) is 0 Å². The van der Waals surface area contributed by atoms with Crippen molar-refractivity contribution < 1.29 is 130 Å². The molecule has 2 saturated heterocycles. The van der Waals surface area contributed by atoms with Crippen LogP contribution < -0.4 is 37.2 Å². The number of unbranched alkanes of at least 4 members (excludes halogenated alkanes) is 9. The fraction of sp³-hybridized carbons (Fsp3) is 0.785. The molecule has 34 heteroatoms. The van der Waals surface area contributed by atoms with Crippen LogP contribution in [0.5, 0.6) is 0 Å². The molecule has 99 heavy (non-hydrogen) atoms. The highest BCUT2D eigenvalue weighted by atomic mass is 16.7. The Morgan fingerprint density at radius 1 is 0.394 bits per heavy atom. The van der Waals surface area contributed by atoms with Crippen molar-refractivity contribution in [3.05, 3.63) is 0 Å². The van der Waals surface area contributed by atoms with E-state index in [1.807, 2.05) is 0 Å². The first-order chi connectivity index (χ1) is 47.5. The second kappa shape index (κ2) is 51.5. The maximum absolute atomic E-state index is 13.0. The summed E-state index contributed by atoms with van der Waals surface area (Å²) in [5.41, 5.74) is 0. The summed E-state index contributed by atoms with van der Waals surface area (Å²) in [6.45, 7) is 9.08. The standard InChI is InChI=1S/C65H107N7O27/c1-41(73)70-58-62(96-47(7)79)60(94-45(5)77)50(39-92-43(3)75)98-64(58)90-33-19-17-23-52(81)66-29-21-31-68-54(83)27-35-88-37-49(72-56(85)25-15-13-11-9-10-12-14-16-26-57(86)87)38-89-36-28-55(84)69-32-22-30-67-53(82)24-18-20-34-91-65-59(71-42(2)74)63(97-48(8)80)61(95-46(6)78)51(99-65)40-93-44(4)76/h49-51,58-65H,9-40H2,1-8H3,(H,66,81)(H,67,82)(H,68,83)(H,69,84)(H,70,73)(H,71,74)(H,72,85)(H,86,87)/t49?,50-,51-,58-,59-,60+,61+,62-,63-,64-,65?/m1/s1/i64D/t49?,50-,51-,58-,59-,60+,61+,62-,63-,64?,65-. The summed E-state index contributed by atoms with van der Waals surface area (Å²) in [6, 6.07) is -3.25. The third-order valence-electron chi connectivity index (χ3n) is 14.6. The second-order valence-electron chi connectivity index (χ2n) is 23.7. The summed E-state index contributed by atoms with van der Waals surface area (Å²) in [6.07, 6.45) is -2.06. The van der Waals surface area contributed by atoms with Crippen molar-refractivity contribution in [1.29, 1.82) is 0 Å². The van der Waals surface area contributed by atoms with Gasteiger partial charge in [-0.25, -0.2) is 0 Å². The molecular weight excluding hydrogens is 1310 g/mol. The SMILES string of the molecule is [2H]C1(OCCCCC(=O)NCCCNC(=O)CCOCC(COCCC(=O)NCCCNC(=O)CCCCO[C@@H]2O[C@H](COC(C)=O)[C@H](OC(C)=O)[C@H](OC(C)=O)[C@H]2NC(C)=O)NC(=O)CCCCCCCCCCC(=O)O)O[C@H](COC(C)=O)[C@H](OC(C)=O)[C@H](OC(C)=O)[C@H]1NC(C)=O. The van der Waals surface area contributed by atoms with E-state index in [4.69, 9.17) is 63.3 Å². The Morgan fingerprint density at radius 2 is 0.758 bits per heavy atom. The van der Waals surface area contributed by atoms with Gasteiger partial charge in [0.1, 0.15) is 37.5 Å². The molecular formula is C65H107N7O27. The monoisotopic (exact) mass is 1420 g/mol. The molecule has 7 amide bonds. The minimum Gasteiger partial charge on any atom is -0.481 e. The second-order valence-corrected chi connectivity index (χ2v) is 23.7. The van der Waals surface area contributed by atoms with Crippen LogP contribution in [0.15, 0.2) is 0 Å². The van der Waals surface area contributed by atoms with E-state index >= 15 is 0 Å². The lowest BCUT2D eigenvalue weighted by molar-refractivity contribution is -0.277. The van der Waals surface area contributed by atoms with E-state index in [0.29, 0.717) is 44.9 Å². The van der Waals surface area contributed by atoms with Crippen molar-refractivity contribution in [3.63, 3.8) is 0 Å². The number of hydrogen-bond donors (Lipinski definition) is 8. The molecule has 0 aromatic carbocycles. The molecule has 0 aromatic rings. The molecule has 0 saturated carbocycles. The van der Waals surface area contributed by atoms with E-state index < -0.39 is 128 Å². The fourth-order valence-corrected chi connectivity index (χ4v) is 10.2. The van der Waals surface area contributed by atoms with Crippen molar-refractivity contribution in [1.82, 2.24) is 37.2 Å². The number of amides is 7. The summed E-state index contributed by atoms with van der Waals surface area (Å²) in [5, 5.41) is 28.0. The first-order valence-electron chi connectivity index (χ1n) is 34.3. The number of ether oxygens (including phenoxy) is 12. The number of esters is 6. The first-order valence-corrected chi connectivity index (χ1v) is 33.8. The van der Waals surface area contributed by atoms with Gasteiger partial charge in [0.15, 0.2) is 37.0 Å². The summed E-state index contributed by atoms with van der Waals surface area (Å²) in [5.74, 6) is -7.86. The number of carboxylic acids is 1. The van der Waals surface area contributed by atoms with E-state index in [2.05, 4.69) is 37.2 Å². The molecule has 2 aliphatic heterocycles. The van der Waals surface area contributed by atoms with Gasteiger partial charge in [0.2, 0.25) is 41.4 Å². The molecule has 2 aliphatic rings. The Labute approximate surface area is 579 Å². The summed E-state index contributed by atoms with van der Waals surface area (Å²) in [4.78, 5) is 171.